The van der Waals surface area contributed by atoms with Crippen molar-refractivity contribution in [1.82, 2.24) is 0 Å². The Hall–Kier alpha value is -0.320. The lowest BCUT2D eigenvalue weighted by molar-refractivity contribution is -0.268. The first-order valence-electron chi connectivity index (χ1n) is 6.13. The number of rotatable bonds is 1. The van der Waals surface area contributed by atoms with E-state index in [-0.39, 0.29) is 17.7 Å². The Bertz CT molecular complexity index is 258. The zero-order valence-electron chi connectivity index (χ0n) is 12.2. The molecule has 0 spiro atoms. The molecule has 1 rings (SSSR count). The largest absolute Gasteiger partial charge is 0.460 e. The van der Waals surface area contributed by atoms with Gasteiger partial charge in [-0.2, -0.15) is 0 Å². The van der Waals surface area contributed by atoms with Gasteiger partial charge >= 0.3 is 5.97 Å². The normalized spacial score (nSPS) is 22.7. The number of hydrogen-bond donors (Lipinski definition) is 0. The van der Waals surface area contributed by atoms with Crippen LogP contribution >= 0.6 is 11.6 Å². The molecule has 0 saturated carbocycles. The topological polar surface area (TPSA) is 44.8 Å². The molecule has 1 aliphatic heterocycles. The predicted octanol–water partition coefficient (Wildman–Crippen LogP) is 3.11. The number of carbonyl (C=O) groups is 1. The van der Waals surface area contributed by atoms with Crippen molar-refractivity contribution in [3.05, 3.63) is 0 Å². The van der Waals surface area contributed by atoms with Gasteiger partial charge in [-0.3, -0.25) is 4.79 Å². The van der Waals surface area contributed by atoms with E-state index in [0.717, 1.165) is 13.0 Å². The van der Waals surface area contributed by atoms with Gasteiger partial charge in [-0.05, 0) is 41.0 Å². The van der Waals surface area contributed by atoms with E-state index < -0.39 is 5.79 Å². The van der Waals surface area contributed by atoms with E-state index in [9.17, 15) is 4.79 Å². The molecule has 5 heteroatoms. The first kappa shape index (κ1) is 17.7. The molecule has 1 heterocycles. The van der Waals surface area contributed by atoms with Crippen molar-refractivity contribution in [3.8, 4) is 0 Å². The minimum absolute atomic E-state index is 0.172. The Kier molecular flexibility index (Phi) is 7.18. The molecule has 1 atom stereocenters. The molecule has 0 radical (unpaired) electrons. The lowest BCUT2D eigenvalue weighted by Crippen LogP contribution is -2.40. The molecule has 1 aliphatic rings. The molecule has 4 nitrogen and oxygen atoms in total. The smallest absolute Gasteiger partial charge is 0.303 e. The van der Waals surface area contributed by atoms with Gasteiger partial charge in [0.1, 0.15) is 5.60 Å². The highest BCUT2D eigenvalue weighted by Gasteiger charge is 2.28. The van der Waals surface area contributed by atoms with Crippen LogP contribution in [0.25, 0.3) is 0 Å². The molecule has 0 aromatic carbocycles. The summed E-state index contributed by atoms with van der Waals surface area (Å²) in [6, 6.07) is 0. The number of alkyl halides is 1. The summed E-state index contributed by atoms with van der Waals surface area (Å²) in [6.07, 6.45) is 1.08. The molecule has 0 N–H and O–H groups in total. The zero-order valence-corrected chi connectivity index (χ0v) is 13.0. The zero-order chi connectivity index (χ0) is 14.4. The fraction of sp³-hybridized carbons (Fsp3) is 0.923. The van der Waals surface area contributed by atoms with E-state index in [2.05, 4.69) is 0 Å². The van der Waals surface area contributed by atoms with Gasteiger partial charge in [0.25, 0.3) is 0 Å². The lowest BCUT2D eigenvalue weighted by atomic mass is 10.2. The average molecular weight is 281 g/mol. The third-order valence-electron chi connectivity index (χ3n) is 1.96. The molecule has 1 unspecified atom stereocenters. The van der Waals surface area contributed by atoms with Crippen molar-refractivity contribution in [2.75, 3.05) is 12.5 Å². The Morgan fingerprint density at radius 2 is 2.00 bits per heavy atom. The van der Waals surface area contributed by atoms with Gasteiger partial charge in [0.15, 0.2) is 5.79 Å². The van der Waals surface area contributed by atoms with Crippen molar-refractivity contribution in [3.63, 3.8) is 0 Å². The van der Waals surface area contributed by atoms with Crippen LogP contribution in [0.15, 0.2) is 0 Å². The number of hydrogen-bond acceptors (Lipinski definition) is 4. The highest BCUT2D eigenvalue weighted by Crippen LogP contribution is 2.22. The summed E-state index contributed by atoms with van der Waals surface area (Å²) in [5.74, 6) is -0.0950. The Labute approximate surface area is 115 Å². The van der Waals surface area contributed by atoms with E-state index in [1.807, 2.05) is 34.6 Å². The molecular formula is C13H25ClO4. The Morgan fingerprint density at radius 3 is 2.22 bits per heavy atom. The monoisotopic (exact) mass is 280 g/mol. The van der Waals surface area contributed by atoms with Gasteiger partial charge in [-0.1, -0.05) is 0 Å². The standard InChI is InChI=1S/C7H13ClO2.C6H12O2/c1-7(2)9-4-3-6(5-8)10-7;1-5(7)8-6(2,3)4/h6H,3-5H2,1-2H3;1-4H3. The average Bonchev–Trinajstić information content (AvgIpc) is 2.12. The number of ether oxygens (including phenoxy) is 3. The fourth-order valence-corrected chi connectivity index (χ4v) is 1.69. The summed E-state index contributed by atoms with van der Waals surface area (Å²) in [7, 11) is 0. The van der Waals surface area contributed by atoms with Crippen LogP contribution in [0, 0.1) is 0 Å². The van der Waals surface area contributed by atoms with E-state index >= 15 is 0 Å². The van der Waals surface area contributed by atoms with Gasteiger partial charge in [0, 0.05) is 12.8 Å². The molecular weight excluding hydrogens is 256 g/mol. The fourth-order valence-electron chi connectivity index (χ4n) is 1.47. The van der Waals surface area contributed by atoms with E-state index in [1.54, 1.807) is 0 Å². The molecule has 0 amide bonds. The summed E-state index contributed by atoms with van der Waals surface area (Å²) in [6.45, 7) is 11.5. The van der Waals surface area contributed by atoms with Crippen LogP contribution in [0.1, 0.15) is 48.0 Å². The number of halogens is 1. The molecule has 0 aromatic rings. The van der Waals surface area contributed by atoms with Crippen LogP contribution in [-0.2, 0) is 19.0 Å². The number of esters is 1. The first-order chi connectivity index (χ1) is 8.06. The van der Waals surface area contributed by atoms with Crippen LogP contribution < -0.4 is 0 Å². The van der Waals surface area contributed by atoms with Crippen molar-refractivity contribution < 1.29 is 19.0 Å². The summed E-state index contributed by atoms with van der Waals surface area (Å²) in [5, 5.41) is 0. The Morgan fingerprint density at radius 1 is 1.44 bits per heavy atom. The Balaban J connectivity index is 0.000000331. The van der Waals surface area contributed by atoms with E-state index in [1.165, 1.54) is 6.92 Å². The molecule has 0 bridgehead atoms. The molecule has 0 aliphatic carbocycles. The van der Waals surface area contributed by atoms with Gasteiger partial charge in [-0.15, -0.1) is 11.6 Å². The van der Waals surface area contributed by atoms with Crippen molar-refractivity contribution in [2.24, 2.45) is 0 Å². The predicted molar refractivity (Wildman–Crippen MR) is 71.8 cm³/mol. The van der Waals surface area contributed by atoms with Crippen LogP contribution in [0.5, 0.6) is 0 Å². The first-order valence-corrected chi connectivity index (χ1v) is 6.66. The quantitative estimate of drug-likeness (QED) is 0.547. The number of carbonyl (C=O) groups excluding carboxylic acids is 1. The molecule has 0 aromatic heterocycles. The third-order valence-corrected chi connectivity index (χ3v) is 2.31. The SMILES string of the molecule is CC(=O)OC(C)(C)C.CC1(C)OCCC(CCl)O1. The van der Waals surface area contributed by atoms with Gasteiger partial charge in [0.05, 0.1) is 12.7 Å². The maximum atomic E-state index is 10.2. The second-order valence-corrected chi connectivity index (χ2v) is 5.95. The lowest BCUT2D eigenvalue weighted by Gasteiger charge is -2.35. The summed E-state index contributed by atoms with van der Waals surface area (Å²) in [4.78, 5) is 10.2. The summed E-state index contributed by atoms with van der Waals surface area (Å²) < 4.78 is 15.6. The maximum absolute atomic E-state index is 10.2. The van der Waals surface area contributed by atoms with Crippen molar-refractivity contribution in [2.45, 2.75) is 65.5 Å². The molecule has 1 saturated heterocycles. The van der Waals surface area contributed by atoms with E-state index in [4.69, 9.17) is 25.8 Å². The van der Waals surface area contributed by atoms with Gasteiger partial charge in [0.2, 0.25) is 0 Å². The van der Waals surface area contributed by atoms with Crippen molar-refractivity contribution in [1.29, 1.82) is 0 Å². The second-order valence-electron chi connectivity index (χ2n) is 5.64. The van der Waals surface area contributed by atoms with Crippen LogP contribution in [0.2, 0.25) is 0 Å². The second kappa shape index (κ2) is 7.31. The van der Waals surface area contributed by atoms with Gasteiger partial charge < -0.3 is 14.2 Å². The molecule has 1 fully saturated rings. The van der Waals surface area contributed by atoms with Crippen LogP contribution in [-0.4, -0.2) is 35.9 Å². The van der Waals surface area contributed by atoms with E-state index in [0.29, 0.717) is 5.88 Å². The van der Waals surface area contributed by atoms with Gasteiger partial charge in [-0.25, -0.2) is 0 Å². The summed E-state index contributed by atoms with van der Waals surface area (Å²) >= 11 is 5.63. The summed E-state index contributed by atoms with van der Waals surface area (Å²) in [5.41, 5.74) is -0.328. The molecule has 108 valence electrons. The third kappa shape index (κ3) is 9.68. The van der Waals surface area contributed by atoms with Crippen LogP contribution in [0.4, 0.5) is 0 Å². The van der Waals surface area contributed by atoms with Crippen molar-refractivity contribution >= 4 is 17.6 Å². The maximum Gasteiger partial charge on any atom is 0.303 e. The minimum atomic E-state index is -0.433. The molecule has 18 heavy (non-hydrogen) atoms. The highest BCUT2D eigenvalue weighted by atomic mass is 35.5. The highest BCUT2D eigenvalue weighted by molar-refractivity contribution is 6.18. The minimum Gasteiger partial charge on any atom is -0.460 e. The van der Waals surface area contributed by atoms with Crippen LogP contribution in [0.3, 0.4) is 0 Å².